The molecule has 1 amide bonds. The molecule has 2 aromatic heterocycles. The third kappa shape index (κ3) is 2.61. The van der Waals surface area contributed by atoms with Gasteiger partial charge >= 0.3 is 11.3 Å². The molecule has 27 heavy (non-hydrogen) atoms. The largest absolute Gasteiger partial charge is 0.422 e. The van der Waals surface area contributed by atoms with Crippen molar-refractivity contribution >= 4 is 27.8 Å². The summed E-state index contributed by atoms with van der Waals surface area (Å²) in [6, 6.07) is 14.1. The normalized spacial score (nSPS) is 11.0. The predicted octanol–water partition coefficient (Wildman–Crippen LogP) is 2.48. The summed E-state index contributed by atoms with van der Waals surface area (Å²) in [5, 5.41) is 1.03. The number of carbonyl (C=O) groups excluding carboxylic acids is 1. The first-order valence-corrected chi connectivity index (χ1v) is 8.12. The average Bonchev–Trinajstić information content (AvgIpc) is 2.67. The van der Waals surface area contributed by atoms with Crippen LogP contribution in [0.1, 0.15) is 15.9 Å². The Balaban J connectivity index is 2.19. The van der Waals surface area contributed by atoms with Crippen molar-refractivity contribution in [1.82, 2.24) is 5.43 Å². The molecule has 0 aliphatic carbocycles. The van der Waals surface area contributed by atoms with Crippen molar-refractivity contribution in [3.63, 3.8) is 0 Å². The molecule has 2 aromatic carbocycles. The number of fused-ring (bicyclic) bond motifs is 3. The zero-order chi connectivity index (χ0) is 19.1. The molecule has 0 aliphatic rings. The van der Waals surface area contributed by atoms with Crippen molar-refractivity contribution in [2.24, 2.45) is 5.84 Å². The molecule has 0 saturated heterocycles. The molecule has 4 rings (SSSR count). The minimum atomic E-state index is -0.816. The average molecular weight is 362 g/mol. The zero-order valence-corrected chi connectivity index (χ0v) is 14.2. The number of nitrogens with two attached hydrogens (primary N) is 1. The third-order valence-corrected chi connectivity index (χ3v) is 4.47. The van der Waals surface area contributed by atoms with Gasteiger partial charge in [0, 0.05) is 11.5 Å². The lowest BCUT2D eigenvalue weighted by Gasteiger charge is -2.10. The number of aryl methyl sites for hydroxylation is 1. The van der Waals surface area contributed by atoms with Gasteiger partial charge in [-0.1, -0.05) is 30.3 Å². The van der Waals surface area contributed by atoms with Gasteiger partial charge in [-0.05, 0) is 35.7 Å². The Morgan fingerprint density at radius 2 is 1.78 bits per heavy atom. The molecule has 4 aromatic rings. The quantitative estimate of drug-likeness (QED) is 0.186. The zero-order valence-electron chi connectivity index (χ0n) is 14.2. The molecule has 0 aliphatic heterocycles. The van der Waals surface area contributed by atoms with Crippen molar-refractivity contribution in [3.8, 4) is 11.1 Å². The van der Waals surface area contributed by atoms with Crippen LogP contribution in [0.5, 0.6) is 0 Å². The van der Waals surface area contributed by atoms with E-state index < -0.39 is 17.2 Å². The molecule has 3 N–H and O–H groups in total. The van der Waals surface area contributed by atoms with E-state index >= 15 is 0 Å². The highest BCUT2D eigenvalue weighted by Gasteiger charge is 2.21. The van der Waals surface area contributed by atoms with Gasteiger partial charge in [0.25, 0.3) is 5.91 Å². The first kappa shape index (κ1) is 16.7. The highest BCUT2D eigenvalue weighted by atomic mass is 16.4. The maximum Gasteiger partial charge on any atom is 0.349 e. The number of hydrogen-bond donors (Lipinski definition) is 2. The minimum absolute atomic E-state index is 0.215. The summed E-state index contributed by atoms with van der Waals surface area (Å²) in [4.78, 5) is 36.4. The van der Waals surface area contributed by atoms with Gasteiger partial charge < -0.3 is 8.83 Å². The smallest absolute Gasteiger partial charge is 0.349 e. The van der Waals surface area contributed by atoms with E-state index in [-0.39, 0.29) is 16.7 Å². The Kier molecular flexibility index (Phi) is 3.86. The monoisotopic (exact) mass is 362 g/mol. The lowest BCUT2D eigenvalue weighted by atomic mass is 9.98. The first-order valence-electron chi connectivity index (χ1n) is 8.12. The van der Waals surface area contributed by atoms with Crippen molar-refractivity contribution in [1.29, 1.82) is 0 Å². The molecule has 2 heterocycles. The van der Waals surface area contributed by atoms with Crippen LogP contribution in [0.4, 0.5) is 0 Å². The molecule has 0 radical (unpaired) electrons. The molecule has 7 heteroatoms. The summed E-state index contributed by atoms with van der Waals surface area (Å²) in [6.45, 7) is 1.58. The van der Waals surface area contributed by atoms with Crippen LogP contribution in [-0.4, -0.2) is 5.91 Å². The van der Waals surface area contributed by atoms with Gasteiger partial charge in [0.2, 0.25) is 0 Å². The van der Waals surface area contributed by atoms with Crippen LogP contribution < -0.4 is 22.5 Å². The number of hydrogen-bond acceptors (Lipinski definition) is 6. The van der Waals surface area contributed by atoms with Crippen LogP contribution in [0, 0.1) is 6.92 Å². The van der Waals surface area contributed by atoms with Gasteiger partial charge in [-0.25, -0.2) is 15.4 Å². The van der Waals surface area contributed by atoms with E-state index in [9.17, 15) is 14.4 Å². The van der Waals surface area contributed by atoms with Crippen LogP contribution in [-0.2, 0) is 0 Å². The van der Waals surface area contributed by atoms with Crippen molar-refractivity contribution in [2.75, 3.05) is 0 Å². The second-order valence-electron chi connectivity index (χ2n) is 6.02. The Bertz CT molecular complexity index is 1320. The summed E-state index contributed by atoms with van der Waals surface area (Å²) in [7, 11) is 0. The van der Waals surface area contributed by atoms with Crippen molar-refractivity contribution in [3.05, 3.63) is 80.5 Å². The van der Waals surface area contributed by atoms with Crippen LogP contribution in [0.15, 0.2) is 67.0 Å². The predicted molar refractivity (Wildman–Crippen MR) is 100 cm³/mol. The summed E-state index contributed by atoms with van der Waals surface area (Å²) in [6.07, 6.45) is 0. The fourth-order valence-electron chi connectivity index (χ4n) is 3.27. The van der Waals surface area contributed by atoms with Gasteiger partial charge in [0.1, 0.15) is 16.7 Å². The fourth-order valence-corrected chi connectivity index (χ4v) is 3.27. The second kappa shape index (κ2) is 6.22. The Labute approximate surface area is 152 Å². The van der Waals surface area contributed by atoms with Gasteiger partial charge in [-0.3, -0.25) is 10.2 Å². The van der Waals surface area contributed by atoms with Crippen LogP contribution in [0.25, 0.3) is 33.1 Å². The number of nitrogen functional groups attached to an aromatic ring is 1. The molecular formula is C20H14N2O5. The summed E-state index contributed by atoms with van der Waals surface area (Å²) in [5.74, 6) is 4.39. The molecule has 0 bridgehead atoms. The number of amides is 1. The molecule has 0 saturated carbocycles. The third-order valence-electron chi connectivity index (χ3n) is 4.47. The van der Waals surface area contributed by atoms with Crippen LogP contribution >= 0.6 is 0 Å². The summed E-state index contributed by atoms with van der Waals surface area (Å²) < 4.78 is 10.7. The maximum absolute atomic E-state index is 12.2. The standard InChI is InChI=1S/C20H14N2O5/c1-10-16-14(26-20(25)17(10)19(24)22-21)8-7-12-13(9-15(23)27-18(12)16)11-5-3-2-4-6-11/h2-9H,21H2,1H3,(H,22,24). The van der Waals surface area contributed by atoms with Crippen LogP contribution in [0.2, 0.25) is 0 Å². The fraction of sp³-hybridized carbons (Fsp3) is 0.0500. The van der Waals surface area contributed by atoms with Crippen molar-refractivity contribution in [2.45, 2.75) is 6.92 Å². The molecular weight excluding hydrogens is 348 g/mol. The van der Waals surface area contributed by atoms with E-state index in [2.05, 4.69) is 0 Å². The topological polar surface area (TPSA) is 116 Å². The Morgan fingerprint density at radius 1 is 1.04 bits per heavy atom. The van der Waals surface area contributed by atoms with Gasteiger partial charge in [-0.15, -0.1) is 0 Å². The van der Waals surface area contributed by atoms with Crippen LogP contribution in [0.3, 0.4) is 0 Å². The van der Waals surface area contributed by atoms with Gasteiger partial charge in [0.15, 0.2) is 0 Å². The molecule has 7 nitrogen and oxygen atoms in total. The number of benzene rings is 2. The highest BCUT2D eigenvalue weighted by Crippen LogP contribution is 2.33. The Morgan fingerprint density at radius 3 is 2.48 bits per heavy atom. The van der Waals surface area contributed by atoms with Gasteiger partial charge in [0.05, 0.1) is 5.39 Å². The second-order valence-corrected chi connectivity index (χ2v) is 6.02. The minimum Gasteiger partial charge on any atom is -0.422 e. The molecule has 0 fully saturated rings. The molecule has 0 atom stereocenters. The van der Waals surface area contributed by atoms with E-state index in [1.54, 1.807) is 19.1 Å². The van der Waals surface area contributed by atoms with E-state index in [1.807, 2.05) is 35.8 Å². The molecule has 134 valence electrons. The molecule has 0 spiro atoms. The number of rotatable bonds is 2. The number of hydrazine groups is 1. The number of nitrogens with one attached hydrogen (secondary N) is 1. The lowest BCUT2D eigenvalue weighted by Crippen LogP contribution is -2.34. The number of carbonyl (C=O) groups is 1. The first-order chi connectivity index (χ1) is 13.0. The molecule has 0 unspecified atom stereocenters. The van der Waals surface area contributed by atoms with Crippen molar-refractivity contribution < 1.29 is 13.6 Å². The van der Waals surface area contributed by atoms with E-state index in [0.29, 0.717) is 21.9 Å². The van der Waals surface area contributed by atoms with E-state index in [1.165, 1.54) is 6.07 Å². The maximum atomic E-state index is 12.2. The SMILES string of the molecule is Cc1c(C(=O)NN)c(=O)oc2ccc3c(-c4ccccc4)cc(=O)oc3c12. The summed E-state index contributed by atoms with van der Waals surface area (Å²) >= 11 is 0. The highest BCUT2D eigenvalue weighted by molar-refractivity contribution is 6.10. The Hall–Kier alpha value is -3.71. The summed E-state index contributed by atoms with van der Waals surface area (Å²) in [5.41, 5.74) is 2.63. The van der Waals surface area contributed by atoms with E-state index in [4.69, 9.17) is 14.7 Å². The van der Waals surface area contributed by atoms with E-state index in [0.717, 1.165) is 5.56 Å². The van der Waals surface area contributed by atoms with Gasteiger partial charge in [-0.2, -0.15) is 0 Å². The lowest BCUT2D eigenvalue weighted by molar-refractivity contribution is 0.0949.